The first-order valence-corrected chi connectivity index (χ1v) is 12.6. The molecule has 198 valence electrons. The molecule has 0 saturated carbocycles. The Labute approximate surface area is 213 Å². The summed E-state index contributed by atoms with van der Waals surface area (Å²) >= 11 is 0. The fourth-order valence-corrected chi connectivity index (χ4v) is 5.71. The fraction of sp³-hybridized carbons (Fsp3) is 0.481. The predicted molar refractivity (Wildman–Crippen MR) is 132 cm³/mol. The zero-order chi connectivity index (χ0) is 26.3. The molecule has 2 aromatic carbocycles. The molecule has 0 unspecified atom stereocenters. The maximum absolute atomic E-state index is 13.8. The summed E-state index contributed by atoms with van der Waals surface area (Å²) in [6.45, 7) is 1.75. The van der Waals surface area contributed by atoms with Crippen molar-refractivity contribution in [3.05, 3.63) is 53.1 Å². The van der Waals surface area contributed by atoms with Gasteiger partial charge in [0.2, 0.25) is 5.91 Å². The number of fused-ring (bicyclic) bond motifs is 1. The molecule has 3 aliphatic heterocycles. The van der Waals surface area contributed by atoms with Crippen molar-refractivity contribution in [2.45, 2.75) is 57.0 Å². The number of nitrogens with zero attached hydrogens (tertiary/aromatic N) is 3. The molecule has 2 aromatic rings. The van der Waals surface area contributed by atoms with Gasteiger partial charge >= 0.3 is 12.1 Å². The maximum Gasteiger partial charge on any atom is 0.418 e. The van der Waals surface area contributed by atoms with Crippen LogP contribution in [0.1, 0.15) is 42.4 Å². The molecule has 7 nitrogen and oxygen atoms in total. The van der Waals surface area contributed by atoms with Crippen molar-refractivity contribution in [2.75, 3.05) is 36.5 Å². The van der Waals surface area contributed by atoms with Crippen molar-refractivity contribution in [3.8, 4) is 5.75 Å². The van der Waals surface area contributed by atoms with Gasteiger partial charge in [0.1, 0.15) is 18.4 Å². The number of likely N-dealkylation sites (tertiary alicyclic amines) is 1. The number of hydrogen-bond donors (Lipinski definition) is 1. The lowest BCUT2D eigenvalue weighted by Gasteiger charge is -2.27. The number of alkyl halides is 3. The van der Waals surface area contributed by atoms with E-state index < -0.39 is 29.8 Å². The second-order valence-corrected chi connectivity index (χ2v) is 9.98. The number of carbonyl (C=O) groups is 2. The van der Waals surface area contributed by atoms with Crippen LogP contribution in [0.2, 0.25) is 0 Å². The Kier molecular flexibility index (Phi) is 6.78. The van der Waals surface area contributed by atoms with Crippen LogP contribution in [0.4, 0.5) is 24.5 Å². The zero-order valence-corrected chi connectivity index (χ0v) is 20.6. The zero-order valence-electron chi connectivity index (χ0n) is 20.6. The molecular weight excluding hydrogens is 487 g/mol. The molecule has 1 N–H and O–H groups in total. The van der Waals surface area contributed by atoms with E-state index in [0.717, 1.165) is 24.1 Å². The van der Waals surface area contributed by atoms with Gasteiger partial charge in [-0.3, -0.25) is 14.5 Å². The molecule has 10 heteroatoms. The average molecular weight is 518 g/mol. The van der Waals surface area contributed by atoms with Gasteiger partial charge in [0.25, 0.3) is 0 Å². The third-order valence-electron chi connectivity index (χ3n) is 7.70. The normalized spacial score (nSPS) is 21.9. The first-order valence-electron chi connectivity index (χ1n) is 12.6. The monoisotopic (exact) mass is 517 g/mol. The van der Waals surface area contributed by atoms with Crippen LogP contribution >= 0.6 is 0 Å². The molecule has 3 heterocycles. The minimum Gasteiger partial charge on any atom is -0.489 e. The number of carbonyl (C=O) groups excluding carboxylic acids is 1. The molecule has 0 aromatic heterocycles. The lowest BCUT2D eigenvalue weighted by molar-refractivity contribution is -0.142. The van der Waals surface area contributed by atoms with E-state index in [1.54, 1.807) is 39.9 Å². The fourth-order valence-electron chi connectivity index (χ4n) is 5.71. The summed E-state index contributed by atoms with van der Waals surface area (Å²) in [5.41, 5.74) is 1.70. The number of hydrogen-bond acceptors (Lipinski definition) is 5. The number of halogens is 3. The number of benzene rings is 2. The van der Waals surface area contributed by atoms with E-state index in [4.69, 9.17) is 4.74 Å². The lowest BCUT2D eigenvalue weighted by Crippen LogP contribution is -2.47. The number of anilines is 2. The van der Waals surface area contributed by atoms with E-state index in [0.29, 0.717) is 50.2 Å². The minimum absolute atomic E-state index is 0.00572. The van der Waals surface area contributed by atoms with Crippen LogP contribution in [0.5, 0.6) is 5.75 Å². The van der Waals surface area contributed by atoms with Gasteiger partial charge in [-0.1, -0.05) is 6.07 Å². The summed E-state index contributed by atoms with van der Waals surface area (Å²) < 4.78 is 47.1. The highest BCUT2D eigenvalue weighted by Gasteiger charge is 2.42. The molecule has 1 amide bonds. The molecule has 37 heavy (non-hydrogen) atoms. The second kappa shape index (κ2) is 9.89. The topological polar surface area (TPSA) is 73.3 Å². The molecule has 0 spiro atoms. The highest BCUT2D eigenvalue weighted by atomic mass is 19.4. The van der Waals surface area contributed by atoms with E-state index in [9.17, 15) is 27.9 Å². The Morgan fingerprint density at radius 3 is 2.38 bits per heavy atom. The molecule has 0 bridgehead atoms. The van der Waals surface area contributed by atoms with Gasteiger partial charge in [0, 0.05) is 31.0 Å². The standard InChI is InChI=1S/C27H30F3N3O4/c1-31-23(8-9-24(31)26(35)36)25(34)33-13-10-18-15-19(5-7-21(18)33)37-16-17-4-6-22(32-11-2-3-12-32)20(14-17)27(28,29)30/h4-7,14-15,23-24H,2-3,8-13,16H2,1H3,(H,35,36)/t23-,24-/m0/s1. The Morgan fingerprint density at radius 1 is 1.00 bits per heavy atom. The summed E-state index contributed by atoms with van der Waals surface area (Å²) in [6.07, 6.45) is -1.11. The van der Waals surface area contributed by atoms with Gasteiger partial charge in [-0.25, -0.2) is 0 Å². The number of amides is 1. The summed E-state index contributed by atoms with van der Waals surface area (Å²) in [7, 11) is 1.67. The van der Waals surface area contributed by atoms with Gasteiger partial charge < -0.3 is 19.6 Å². The highest BCUT2D eigenvalue weighted by molar-refractivity contribution is 5.99. The number of likely N-dealkylation sites (N-methyl/N-ethyl adjacent to an activating group) is 1. The van der Waals surface area contributed by atoms with Crippen LogP contribution < -0.4 is 14.5 Å². The van der Waals surface area contributed by atoms with E-state index >= 15 is 0 Å². The Morgan fingerprint density at radius 2 is 1.70 bits per heavy atom. The van der Waals surface area contributed by atoms with Crippen molar-refractivity contribution in [1.29, 1.82) is 0 Å². The first-order chi connectivity index (χ1) is 17.6. The third-order valence-corrected chi connectivity index (χ3v) is 7.70. The van der Waals surface area contributed by atoms with Gasteiger partial charge in [-0.05, 0) is 80.6 Å². The molecule has 3 aliphatic rings. The number of ether oxygens (including phenoxy) is 1. The highest BCUT2D eigenvalue weighted by Crippen LogP contribution is 2.39. The van der Waals surface area contributed by atoms with Crippen LogP contribution in [-0.2, 0) is 28.8 Å². The van der Waals surface area contributed by atoms with Crippen molar-refractivity contribution in [3.63, 3.8) is 0 Å². The molecular formula is C27H30F3N3O4. The van der Waals surface area contributed by atoms with Gasteiger partial charge in [0.05, 0.1) is 11.6 Å². The number of aliphatic carboxylic acids is 1. The van der Waals surface area contributed by atoms with Crippen LogP contribution in [0, 0.1) is 0 Å². The van der Waals surface area contributed by atoms with Crippen molar-refractivity contribution in [1.82, 2.24) is 4.90 Å². The Hall–Kier alpha value is -3.27. The Bertz CT molecular complexity index is 1200. The third kappa shape index (κ3) is 4.99. The van der Waals surface area contributed by atoms with E-state index in [-0.39, 0.29) is 18.2 Å². The van der Waals surface area contributed by atoms with Crippen LogP contribution in [-0.4, -0.2) is 60.6 Å². The lowest BCUT2D eigenvalue weighted by atomic mass is 10.1. The largest absolute Gasteiger partial charge is 0.489 e. The summed E-state index contributed by atoms with van der Waals surface area (Å²) in [4.78, 5) is 29.7. The SMILES string of the molecule is CN1[C@H](C(=O)O)CC[C@H]1C(=O)N1CCc2cc(OCc3ccc(N4CCCC4)c(C(F)(F)F)c3)ccc21. The van der Waals surface area contributed by atoms with Crippen molar-refractivity contribution < 1.29 is 32.6 Å². The van der Waals surface area contributed by atoms with E-state index in [2.05, 4.69) is 0 Å². The smallest absolute Gasteiger partial charge is 0.418 e. The van der Waals surface area contributed by atoms with Crippen molar-refractivity contribution in [2.24, 2.45) is 0 Å². The van der Waals surface area contributed by atoms with Crippen molar-refractivity contribution >= 4 is 23.3 Å². The van der Waals surface area contributed by atoms with Gasteiger partial charge in [0.15, 0.2) is 0 Å². The molecule has 2 fully saturated rings. The van der Waals surface area contributed by atoms with Crippen LogP contribution in [0.3, 0.4) is 0 Å². The summed E-state index contributed by atoms with van der Waals surface area (Å²) in [5, 5.41) is 9.35. The van der Waals surface area contributed by atoms with Gasteiger partial charge in [-0.15, -0.1) is 0 Å². The van der Waals surface area contributed by atoms with Crippen LogP contribution in [0.15, 0.2) is 36.4 Å². The summed E-state index contributed by atoms with van der Waals surface area (Å²) in [6, 6.07) is 8.58. The Balaban J connectivity index is 1.27. The predicted octanol–water partition coefficient (Wildman–Crippen LogP) is 4.32. The molecule has 0 radical (unpaired) electrons. The molecule has 2 atom stereocenters. The van der Waals surface area contributed by atoms with E-state index in [1.807, 2.05) is 6.07 Å². The average Bonchev–Trinajstić information content (AvgIpc) is 3.61. The number of rotatable bonds is 6. The molecule has 0 aliphatic carbocycles. The first kappa shape index (κ1) is 25.4. The number of carboxylic acid groups (broad SMARTS) is 1. The van der Waals surface area contributed by atoms with Crippen LogP contribution in [0.25, 0.3) is 0 Å². The van der Waals surface area contributed by atoms with E-state index in [1.165, 1.54) is 12.1 Å². The molecule has 5 rings (SSSR count). The number of carboxylic acids is 1. The summed E-state index contributed by atoms with van der Waals surface area (Å²) in [5.74, 6) is -0.514. The second-order valence-electron chi connectivity index (χ2n) is 9.98. The quantitative estimate of drug-likeness (QED) is 0.616. The minimum atomic E-state index is -4.45. The van der Waals surface area contributed by atoms with Gasteiger partial charge in [-0.2, -0.15) is 13.2 Å². The molecule has 2 saturated heterocycles. The maximum atomic E-state index is 13.8.